The summed E-state index contributed by atoms with van der Waals surface area (Å²) in [7, 11) is 1.28. The summed E-state index contributed by atoms with van der Waals surface area (Å²) < 4.78 is 4.66. The van der Waals surface area contributed by atoms with Gasteiger partial charge in [0.2, 0.25) is 5.91 Å². The molecule has 0 aliphatic carbocycles. The first-order chi connectivity index (χ1) is 15.6. The molecular weight excluding hydrogens is 400 g/mol. The van der Waals surface area contributed by atoms with Crippen LogP contribution < -0.4 is 5.32 Å². The van der Waals surface area contributed by atoms with Gasteiger partial charge >= 0.3 is 5.97 Å². The zero-order valence-corrected chi connectivity index (χ0v) is 18.0. The van der Waals surface area contributed by atoms with Crippen LogP contribution >= 0.6 is 0 Å². The highest BCUT2D eigenvalue weighted by atomic mass is 16.5. The van der Waals surface area contributed by atoms with E-state index in [0.717, 1.165) is 16.7 Å². The van der Waals surface area contributed by atoms with Crippen LogP contribution in [0.5, 0.6) is 0 Å². The van der Waals surface area contributed by atoms with Crippen molar-refractivity contribution < 1.29 is 14.3 Å². The second-order valence-corrected chi connectivity index (χ2v) is 7.12. The maximum atomic E-state index is 13.3. The number of aliphatic imine (C=N–C) groups is 1. The summed E-state index contributed by atoms with van der Waals surface area (Å²) in [6, 6.07) is 28.2. The van der Waals surface area contributed by atoms with Gasteiger partial charge in [-0.3, -0.25) is 14.6 Å². The van der Waals surface area contributed by atoms with E-state index < -0.39 is 17.9 Å². The Morgan fingerprint density at radius 3 is 1.88 bits per heavy atom. The average Bonchev–Trinajstić information content (AvgIpc) is 2.86. The van der Waals surface area contributed by atoms with Crippen LogP contribution in [0.1, 0.15) is 22.6 Å². The SMILES string of the molecule is C=C[C@H](c1ccccc1)[C@H](N=C(c1ccccc1)c1ccccc1)C(=O)NCC(=O)OC. The molecule has 3 aromatic rings. The van der Waals surface area contributed by atoms with Crippen LogP contribution in [0.2, 0.25) is 0 Å². The Labute approximate surface area is 188 Å². The van der Waals surface area contributed by atoms with E-state index in [4.69, 9.17) is 4.99 Å². The van der Waals surface area contributed by atoms with Crippen molar-refractivity contribution in [3.63, 3.8) is 0 Å². The molecule has 0 bridgehead atoms. The van der Waals surface area contributed by atoms with Gasteiger partial charge in [0.15, 0.2) is 0 Å². The minimum atomic E-state index is -0.838. The highest BCUT2D eigenvalue weighted by molar-refractivity contribution is 6.13. The van der Waals surface area contributed by atoms with E-state index >= 15 is 0 Å². The number of esters is 1. The minimum absolute atomic E-state index is 0.230. The molecule has 0 aliphatic rings. The molecule has 3 rings (SSSR count). The fourth-order valence-electron chi connectivity index (χ4n) is 3.41. The number of rotatable bonds is 9. The summed E-state index contributed by atoms with van der Waals surface area (Å²) in [6.07, 6.45) is 1.72. The Morgan fingerprint density at radius 1 is 0.906 bits per heavy atom. The number of benzene rings is 3. The fourth-order valence-corrected chi connectivity index (χ4v) is 3.41. The van der Waals surface area contributed by atoms with Crippen LogP contribution in [0.3, 0.4) is 0 Å². The molecule has 32 heavy (non-hydrogen) atoms. The number of carbonyl (C=O) groups is 2. The number of amides is 1. The fraction of sp³-hybridized carbons (Fsp3) is 0.148. The van der Waals surface area contributed by atoms with Gasteiger partial charge in [0.05, 0.1) is 12.8 Å². The van der Waals surface area contributed by atoms with E-state index in [1.54, 1.807) is 6.08 Å². The molecule has 162 valence electrons. The molecule has 0 aromatic heterocycles. The van der Waals surface area contributed by atoms with Crippen molar-refractivity contribution in [1.82, 2.24) is 5.32 Å². The third-order valence-electron chi connectivity index (χ3n) is 5.04. The first-order valence-electron chi connectivity index (χ1n) is 10.3. The predicted octanol–water partition coefficient (Wildman–Crippen LogP) is 4.15. The number of hydrogen-bond acceptors (Lipinski definition) is 4. The van der Waals surface area contributed by atoms with E-state index in [1.165, 1.54) is 7.11 Å². The van der Waals surface area contributed by atoms with Crippen molar-refractivity contribution in [2.45, 2.75) is 12.0 Å². The Morgan fingerprint density at radius 2 is 1.41 bits per heavy atom. The molecule has 2 atom stereocenters. The first-order valence-corrected chi connectivity index (χ1v) is 10.3. The summed E-state index contributed by atoms with van der Waals surface area (Å²) >= 11 is 0. The maximum absolute atomic E-state index is 13.3. The summed E-state index contributed by atoms with van der Waals surface area (Å²) in [5, 5.41) is 2.66. The Kier molecular flexibility index (Phi) is 8.09. The maximum Gasteiger partial charge on any atom is 0.325 e. The summed E-state index contributed by atoms with van der Waals surface area (Å²) in [5.74, 6) is -1.30. The zero-order valence-electron chi connectivity index (χ0n) is 18.0. The molecule has 0 radical (unpaired) electrons. The predicted molar refractivity (Wildman–Crippen MR) is 127 cm³/mol. The molecule has 0 saturated heterocycles. The zero-order chi connectivity index (χ0) is 22.8. The van der Waals surface area contributed by atoms with Gasteiger partial charge in [-0.1, -0.05) is 97.1 Å². The standard InChI is InChI=1S/C27H26N2O3/c1-3-23(20-13-7-4-8-14-20)26(27(31)28-19-24(30)32-2)29-25(21-15-9-5-10-16-21)22-17-11-6-12-18-22/h3-18,23,26H,1,19H2,2H3,(H,28,31)/t23-,26+/m1/s1. The Bertz CT molecular complexity index is 1020. The quantitative estimate of drug-likeness (QED) is 0.318. The molecule has 3 aromatic carbocycles. The van der Waals surface area contributed by atoms with Crippen molar-refractivity contribution in [2.75, 3.05) is 13.7 Å². The molecule has 0 unspecified atom stereocenters. The van der Waals surface area contributed by atoms with Crippen molar-refractivity contribution in [1.29, 1.82) is 0 Å². The third kappa shape index (κ3) is 5.79. The summed E-state index contributed by atoms with van der Waals surface area (Å²) in [4.78, 5) is 29.8. The minimum Gasteiger partial charge on any atom is -0.468 e. The summed E-state index contributed by atoms with van der Waals surface area (Å²) in [5.41, 5.74) is 3.37. The van der Waals surface area contributed by atoms with Gasteiger partial charge in [0.1, 0.15) is 12.6 Å². The van der Waals surface area contributed by atoms with Crippen LogP contribution in [-0.4, -0.2) is 37.3 Å². The molecule has 1 amide bonds. The smallest absolute Gasteiger partial charge is 0.325 e. The number of hydrogen-bond donors (Lipinski definition) is 1. The first kappa shape index (κ1) is 22.7. The van der Waals surface area contributed by atoms with Gasteiger partial charge in [0.25, 0.3) is 0 Å². The lowest BCUT2D eigenvalue weighted by molar-refractivity contribution is -0.141. The number of carbonyl (C=O) groups excluding carboxylic acids is 2. The van der Waals surface area contributed by atoms with Crippen LogP contribution in [0.15, 0.2) is 109 Å². The second-order valence-electron chi connectivity index (χ2n) is 7.12. The molecule has 0 fully saturated rings. The lowest BCUT2D eigenvalue weighted by atomic mass is 9.90. The van der Waals surface area contributed by atoms with Gasteiger partial charge < -0.3 is 10.1 Å². The summed E-state index contributed by atoms with van der Waals surface area (Å²) in [6.45, 7) is 3.73. The molecule has 1 N–H and O–H groups in total. The topological polar surface area (TPSA) is 67.8 Å². The Hall–Kier alpha value is -3.99. The van der Waals surface area contributed by atoms with Gasteiger partial charge in [-0.25, -0.2) is 0 Å². The van der Waals surface area contributed by atoms with E-state index in [-0.39, 0.29) is 12.5 Å². The van der Waals surface area contributed by atoms with E-state index in [1.807, 2.05) is 91.0 Å². The molecule has 5 heteroatoms. The number of nitrogens with zero attached hydrogens (tertiary/aromatic N) is 1. The highest BCUT2D eigenvalue weighted by Crippen LogP contribution is 2.25. The number of ether oxygens (including phenoxy) is 1. The van der Waals surface area contributed by atoms with Crippen molar-refractivity contribution >= 4 is 17.6 Å². The van der Waals surface area contributed by atoms with Crippen molar-refractivity contribution in [2.24, 2.45) is 4.99 Å². The van der Waals surface area contributed by atoms with Crippen molar-refractivity contribution in [3.8, 4) is 0 Å². The largest absolute Gasteiger partial charge is 0.468 e. The highest BCUT2D eigenvalue weighted by Gasteiger charge is 2.28. The molecule has 0 aliphatic heterocycles. The van der Waals surface area contributed by atoms with Gasteiger partial charge in [-0.2, -0.15) is 0 Å². The van der Waals surface area contributed by atoms with E-state index in [0.29, 0.717) is 5.71 Å². The van der Waals surface area contributed by atoms with Crippen LogP contribution in [-0.2, 0) is 14.3 Å². The monoisotopic (exact) mass is 426 g/mol. The molecule has 0 saturated carbocycles. The van der Waals surface area contributed by atoms with Crippen molar-refractivity contribution in [3.05, 3.63) is 120 Å². The molecule has 0 spiro atoms. The second kappa shape index (κ2) is 11.4. The van der Waals surface area contributed by atoms with Gasteiger partial charge in [-0.15, -0.1) is 6.58 Å². The van der Waals surface area contributed by atoms with Gasteiger partial charge in [-0.05, 0) is 5.56 Å². The van der Waals surface area contributed by atoms with Gasteiger partial charge in [0, 0.05) is 17.0 Å². The van der Waals surface area contributed by atoms with Crippen LogP contribution in [0, 0.1) is 0 Å². The molecule has 5 nitrogen and oxygen atoms in total. The third-order valence-corrected chi connectivity index (χ3v) is 5.04. The van der Waals surface area contributed by atoms with E-state index in [2.05, 4.69) is 16.6 Å². The molecular formula is C27H26N2O3. The lowest BCUT2D eigenvalue weighted by Crippen LogP contribution is -2.40. The van der Waals surface area contributed by atoms with E-state index in [9.17, 15) is 9.59 Å². The van der Waals surface area contributed by atoms with Crippen LogP contribution in [0.4, 0.5) is 0 Å². The average molecular weight is 427 g/mol. The Balaban J connectivity index is 2.10. The molecule has 0 heterocycles. The van der Waals surface area contributed by atoms with Crippen LogP contribution in [0.25, 0.3) is 0 Å². The number of nitrogens with one attached hydrogen (secondary N) is 1. The lowest BCUT2D eigenvalue weighted by Gasteiger charge is -2.23. The number of methoxy groups -OCH3 is 1. The normalized spacial score (nSPS) is 12.2.